The molecule has 1 aliphatic carbocycles. The summed E-state index contributed by atoms with van der Waals surface area (Å²) in [5, 5.41) is 0. The molecule has 1 rings (SSSR count). The molecule has 0 saturated heterocycles. The van der Waals surface area contributed by atoms with Crippen LogP contribution in [-0.4, -0.2) is 41.9 Å². The molecule has 1 unspecified atom stereocenters. The molecular weight excluding hydrogens is 244 g/mol. The molecule has 1 saturated carbocycles. The molecule has 106 valence electrons. The Morgan fingerprint density at radius 1 is 1.39 bits per heavy atom. The molecule has 0 radical (unpaired) electrons. The molecule has 0 bridgehead atoms. The Morgan fingerprint density at radius 3 is 2.56 bits per heavy atom. The highest BCUT2D eigenvalue weighted by Crippen LogP contribution is 2.26. The molecule has 0 spiro atoms. The number of hydrogen-bond donors (Lipinski definition) is 1. The lowest BCUT2D eigenvalue weighted by Crippen LogP contribution is -2.40. The number of nitrogens with zero attached hydrogens (tertiary/aromatic N) is 1. The molecule has 2 N–H and O–H groups in total. The molecule has 0 aromatic rings. The van der Waals surface area contributed by atoms with Crippen LogP contribution in [0.2, 0.25) is 0 Å². The van der Waals surface area contributed by atoms with Gasteiger partial charge in [-0.2, -0.15) is 11.8 Å². The highest BCUT2D eigenvalue weighted by Gasteiger charge is 2.24. The van der Waals surface area contributed by atoms with Crippen molar-refractivity contribution in [2.45, 2.75) is 45.6 Å². The summed E-state index contributed by atoms with van der Waals surface area (Å²) < 4.78 is 0. The van der Waals surface area contributed by atoms with Crippen LogP contribution in [0.4, 0.5) is 0 Å². The first-order chi connectivity index (χ1) is 8.54. The molecule has 18 heavy (non-hydrogen) atoms. The zero-order valence-electron chi connectivity index (χ0n) is 12.0. The van der Waals surface area contributed by atoms with Gasteiger partial charge in [-0.15, -0.1) is 0 Å². The van der Waals surface area contributed by atoms with E-state index in [9.17, 15) is 4.79 Å². The second-order valence-electron chi connectivity index (χ2n) is 5.77. The summed E-state index contributed by atoms with van der Waals surface area (Å²) in [6.07, 6.45) is 4.87. The van der Waals surface area contributed by atoms with Gasteiger partial charge in [0, 0.05) is 13.1 Å². The lowest BCUT2D eigenvalue weighted by Gasteiger charge is -2.33. The number of carbonyl (C=O) groups is 1. The fourth-order valence-corrected chi connectivity index (χ4v) is 3.39. The Morgan fingerprint density at radius 2 is 2.00 bits per heavy atom. The molecule has 0 aliphatic heterocycles. The number of nitrogens with two attached hydrogens (primary N) is 1. The van der Waals surface area contributed by atoms with Crippen molar-refractivity contribution in [1.82, 2.24) is 4.90 Å². The van der Waals surface area contributed by atoms with Crippen LogP contribution in [0.3, 0.4) is 0 Å². The summed E-state index contributed by atoms with van der Waals surface area (Å²) in [6.45, 7) is 5.14. The van der Waals surface area contributed by atoms with E-state index in [1.54, 1.807) is 11.8 Å². The van der Waals surface area contributed by atoms with E-state index in [4.69, 9.17) is 5.73 Å². The van der Waals surface area contributed by atoms with E-state index in [0.717, 1.165) is 11.7 Å². The predicted molar refractivity (Wildman–Crippen MR) is 79.7 cm³/mol. The van der Waals surface area contributed by atoms with Gasteiger partial charge in [-0.3, -0.25) is 4.79 Å². The number of amides is 1. The zero-order valence-corrected chi connectivity index (χ0v) is 12.8. The standard InChI is InChI=1S/C14H28N2OS/c1-11-4-6-13(7-5-11)16(3)14(17)10-18-9-12(2)8-15/h11-13H,4-10,15H2,1-3H3. The highest BCUT2D eigenvalue weighted by atomic mass is 32.2. The summed E-state index contributed by atoms with van der Waals surface area (Å²) in [5.41, 5.74) is 5.57. The van der Waals surface area contributed by atoms with Crippen LogP contribution in [0.25, 0.3) is 0 Å². The number of hydrogen-bond acceptors (Lipinski definition) is 3. The Balaban J connectivity index is 2.24. The molecule has 3 nitrogen and oxygen atoms in total. The number of thioether (sulfide) groups is 1. The van der Waals surface area contributed by atoms with Gasteiger partial charge in [0.2, 0.25) is 5.91 Å². The molecule has 0 aromatic heterocycles. The van der Waals surface area contributed by atoms with Crippen molar-refractivity contribution >= 4 is 17.7 Å². The van der Waals surface area contributed by atoms with E-state index in [-0.39, 0.29) is 5.91 Å². The van der Waals surface area contributed by atoms with Gasteiger partial charge in [-0.05, 0) is 49.8 Å². The molecule has 0 aromatic carbocycles. The smallest absolute Gasteiger partial charge is 0.232 e. The van der Waals surface area contributed by atoms with Gasteiger partial charge in [0.05, 0.1) is 5.75 Å². The van der Waals surface area contributed by atoms with Gasteiger partial charge >= 0.3 is 0 Å². The number of carbonyl (C=O) groups excluding carboxylic acids is 1. The van der Waals surface area contributed by atoms with E-state index in [2.05, 4.69) is 13.8 Å². The van der Waals surface area contributed by atoms with Crippen molar-refractivity contribution in [2.75, 3.05) is 25.1 Å². The van der Waals surface area contributed by atoms with Crippen LogP contribution in [0.5, 0.6) is 0 Å². The van der Waals surface area contributed by atoms with Gasteiger partial charge in [-0.1, -0.05) is 13.8 Å². The second kappa shape index (κ2) is 8.05. The average Bonchev–Trinajstić information content (AvgIpc) is 2.38. The molecule has 1 amide bonds. The van der Waals surface area contributed by atoms with Crippen molar-refractivity contribution < 1.29 is 4.79 Å². The second-order valence-corrected chi connectivity index (χ2v) is 6.80. The van der Waals surface area contributed by atoms with Crippen LogP contribution < -0.4 is 5.73 Å². The normalized spacial score (nSPS) is 25.8. The SMILES string of the molecule is CC1CCC(N(C)C(=O)CSCC(C)CN)CC1. The quantitative estimate of drug-likeness (QED) is 0.807. The summed E-state index contributed by atoms with van der Waals surface area (Å²) in [4.78, 5) is 14.0. The maximum absolute atomic E-state index is 12.1. The predicted octanol–water partition coefficient (Wildman–Crippen LogP) is 2.35. The monoisotopic (exact) mass is 272 g/mol. The van der Waals surface area contributed by atoms with E-state index in [1.165, 1.54) is 25.7 Å². The molecular formula is C14H28N2OS. The minimum Gasteiger partial charge on any atom is -0.342 e. The van der Waals surface area contributed by atoms with E-state index < -0.39 is 0 Å². The summed E-state index contributed by atoms with van der Waals surface area (Å²) >= 11 is 1.72. The highest BCUT2D eigenvalue weighted by molar-refractivity contribution is 7.99. The lowest BCUT2D eigenvalue weighted by atomic mass is 9.87. The van der Waals surface area contributed by atoms with E-state index in [0.29, 0.717) is 24.3 Å². The van der Waals surface area contributed by atoms with Gasteiger partial charge in [-0.25, -0.2) is 0 Å². The maximum Gasteiger partial charge on any atom is 0.232 e. The molecule has 1 aliphatic rings. The van der Waals surface area contributed by atoms with E-state index in [1.807, 2.05) is 11.9 Å². The van der Waals surface area contributed by atoms with Crippen LogP contribution in [-0.2, 0) is 4.79 Å². The lowest BCUT2D eigenvalue weighted by molar-refractivity contribution is -0.129. The minimum absolute atomic E-state index is 0.281. The van der Waals surface area contributed by atoms with Crippen molar-refractivity contribution in [2.24, 2.45) is 17.6 Å². The maximum atomic E-state index is 12.1. The molecule has 1 fully saturated rings. The fraction of sp³-hybridized carbons (Fsp3) is 0.929. The Hall–Kier alpha value is -0.220. The third kappa shape index (κ3) is 5.19. The molecule has 4 heteroatoms. The van der Waals surface area contributed by atoms with Crippen LogP contribution in [0, 0.1) is 11.8 Å². The fourth-order valence-electron chi connectivity index (χ4n) is 2.35. The van der Waals surface area contributed by atoms with Crippen molar-refractivity contribution in [3.63, 3.8) is 0 Å². The topological polar surface area (TPSA) is 46.3 Å². The summed E-state index contributed by atoms with van der Waals surface area (Å²) in [6, 6.07) is 0.473. The van der Waals surface area contributed by atoms with Gasteiger partial charge in [0.15, 0.2) is 0 Å². The number of rotatable bonds is 6. The van der Waals surface area contributed by atoms with Crippen LogP contribution >= 0.6 is 11.8 Å². The molecule has 1 atom stereocenters. The molecule has 0 heterocycles. The first-order valence-electron chi connectivity index (χ1n) is 7.08. The van der Waals surface area contributed by atoms with Gasteiger partial charge < -0.3 is 10.6 Å². The Labute approximate surface area is 116 Å². The third-order valence-corrected chi connectivity index (χ3v) is 5.21. The van der Waals surface area contributed by atoms with E-state index >= 15 is 0 Å². The van der Waals surface area contributed by atoms with Gasteiger partial charge in [0.25, 0.3) is 0 Å². The Bertz CT molecular complexity index is 252. The summed E-state index contributed by atoms with van der Waals surface area (Å²) in [5.74, 6) is 3.21. The van der Waals surface area contributed by atoms with Gasteiger partial charge in [0.1, 0.15) is 0 Å². The van der Waals surface area contributed by atoms with Crippen LogP contribution in [0.15, 0.2) is 0 Å². The largest absolute Gasteiger partial charge is 0.342 e. The van der Waals surface area contributed by atoms with Crippen LogP contribution in [0.1, 0.15) is 39.5 Å². The van der Waals surface area contributed by atoms with Crippen molar-refractivity contribution in [1.29, 1.82) is 0 Å². The van der Waals surface area contributed by atoms with Crippen molar-refractivity contribution in [3.8, 4) is 0 Å². The average molecular weight is 272 g/mol. The summed E-state index contributed by atoms with van der Waals surface area (Å²) in [7, 11) is 1.97. The zero-order chi connectivity index (χ0) is 13.5. The first kappa shape index (κ1) is 15.8. The first-order valence-corrected chi connectivity index (χ1v) is 8.23. The Kier molecular flexibility index (Phi) is 7.08. The minimum atomic E-state index is 0.281. The third-order valence-electron chi connectivity index (χ3n) is 3.96. The van der Waals surface area contributed by atoms with Crippen molar-refractivity contribution in [3.05, 3.63) is 0 Å².